The molecule has 0 fully saturated rings. The summed E-state index contributed by atoms with van der Waals surface area (Å²) in [6.07, 6.45) is 1.97. The van der Waals surface area contributed by atoms with Gasteiger partial charge in [-0.1, -0.05) is 38.1 Å². The number of hydrogen-bond acceptors (Lipinski definition) is 2. The monoisotopic (exact) mass is 265 g/mol. The van der Waals surface area contributed by atoms with Gasteiger partial charge < -0.3 is 10.1 Å². The summed E-state index contributed by atoms with van der Waals surface area (Å²) in [7, 11) is 0. The first-order valence-electron chi connectivity index (χ1n) is 6.91. The maximum absolute atomic E-state index is 5.90. The highest BCUT2D eigenvalue weighted by Crippen LogP contribution is 2.27. The van der Waals surface area contributed by atoms with Crippen LogP contribution in [-0.4, -0.2) is 9.38 Å². The van der Waals surface area contributed by atoms with E-state index in [-0.39, 0.29) is 0 Å². The number of imidazole rings is 1. The number of anilines is 1. The normalized spacial score (nSPS) is 11.4. The van der Waals surface area contributed by atoms with Gasteiger partial charge in [0.15, 0.2) is 0 Å². The Labute approximate surface area is 119 Å². The van der Waals surface area contributed by atoms with E-state index in [2.05, 4.69) is 47.5 Å². The molecule has 0 bridgehead atoms. The molecule has 3 nitrogen and oxygen atoms in total. The summed E-state index contributed by atoms with van der Waals surface area (Å²) in [5, 5.41) is 0. The number of benzene rings is 1. The second-order valence-corrected chi connectivity index (χ2v) is 5.50. The van der Waals surface area contributed by atoms with Crippen LogP contribution in [-0.2, 0) is 0 Å². The van der Waals surface area contributed by atoms with Crippen molar-refractivity contribution < 1.29 is 0 Å². The van der Waals surface area contributed by atoms with Gasteiger partial charge in [-0.15, -0.1) is 0 Å². The molecule has 0 unspecified atom stereocenters. The van der Waals surface area contributed by atoms with E-state index in [1.807, 2.05) is 25.3 Å². The van der Waals surface area contributed by atoms with Gasteiger partial charge in [-0.25, -0.2) is 4.98 Å². The number of nitrogens with zero attached hydrogens (tertiary/aromatic N) is 2. The molecule has 0 atom stereocenters. The van der Waals surface area contributed by atoms with E-state index in [1.54, 1.807) is 0 Å². The van der Waals surface area contributed by atoms with Crippen molar-refractivity contribution in [3.63, 3.8) is 0 Å². The molecule has 0 aliphatic rings. The van der Waals surface area contributed by atoms with Crippen LogP contribution in [0.25, 0.3) is 16.8 Å². The Morgan fingerprint density at radius 1 is 1.10 bits per heavy atom. The number of aromatic nitrogens is 2. The third-order valence-electron chi connectivity index (χ3n) is 3.69. The molecule has 0 aliphatic carbocycles. The minimum absolute atomic E-state index is 0.542. The van der Waals surface area contributed by atoms with Crippen LogP contribution in [0.5, 0.6) is 0 Å². The number of nitrogen functional groups attached to an aromatic ring is 1. The molecule has 1 aromatic carbocycles. The van der Waals surface area contributed by atoms with Crippen molar-refractivity contribution >= 4 is 11.2 Å². The zero-order valence-electron chi connectivity index (χ0n) is 12.1. The summed E-state index contributed by atoms with van der Waals surface area (Å²) >= 11 is 0. The van der Waals surface area contributed by atoms with E-state index in [0.29, 0.717) is 5.92 Å². The van der Waals surface area contributed by atoms with E-state index < -0.39 is 0 Å². The van der Waals surface area contributed by atoms with Gasteiger partial charge >= 0.3 is 0 Å². The van der Waals surface area contributed by atoms with Crippen LogP contribution in [0.2, 0.25) is 0 Å². The fraction of sp³-hybridized carbons (Fsp3) is 0.235. The SMILES string of the molecule is Cc1nc(-c2ccc(C(C)C)cc2)c2cc(N)ccn12. The lowest BCUT2D eigenvalue weighted by Gasteiger charge is -2.06. The van der Waals surface area contributed by atoms with Crippen LogP contribution in [0.1, 0.15) is 31.2 Å². The van der Waals surface area contributed by atoms with Gasteiger partial charge in [0, 0.05) is 17.4 Å². The molecule has 2 heterocycles. The third-order valence-corrected chi connectivity index (χ3v) is 3.69. The van der Waals surface area contributed by atoms with Crippen LogP contribution >= 0.6 is 0 Å². The second kappa shape index (κ2) is 4.67. The Balaban J connectivity index is 2.16. The Kier molecular flexibility index (Phi) is 2.97. The molecule has 3 heteroatoms. The van der Waals surface area contributed by atoms with Crippen LogP contribution in [0, 0.1) is 6.92 Å². The summed E-state index contributed by atoms with van der Waals surface area (Å²) in [6, 6.07) is 12.5. The summed E-state index contributed by atoms with van der Waals surface area (Å²) < 4.78 is 2.07. The van der Waals surface area contributed by atoms with E-state index in [9.17, 15) is 0 Å². The van der Waals surface area contributed by atoms with Crippen LogP contribution in [0.15, 0.2) is 42.6 Å². The standard InChI is InChI=1S/C17H19N3/c1-11(2)13-4-6-14(7-5-13)17-16-10-15(18)8-9-20(16)12(3)19-17/h4-11H,18H2,1-3H3. The number of aryl methyl sites for hydroxylation is 1. The Morgan fingerprint density at radius 2 is 1.80 bits per heavy atom. The molecule has 0 spiro atoms. The van der Waals surface area contributed by atoms with Gasteiger partial charge in [0.25, 0.3) is 0 Å². The van der Waals surface area contributed by atoms with Crippen LogP contribution in [0.4, 0.5) is 5.69 Å². The number of hydrogen-bond donors (Lipinski definition) is 1. The topological polar surface area (TPSA) is 43.3 Å². The Morgan fingerprint density at radius 3 is 2.45 bits per heavy atom. The molecule has 0 amide bonds. The highest BCUT2D eigenvalue weighted by atomic mass is 15.0. The van der Waals surface area contributed by atoms with Gasteiger partial charge in [-0.3, -0.25) is 0 Å². The van der Waals surface area contributed by atoms with E-state index in [0.717, 1.165) is 28.3 Å². The molecule has 0 radical (unpaired) electrons. The first kappa shape index (κ1) is 12.7. The molecule has 0 saturated heterocycles. The molecule has 2 N–H and O–H groups in total. The number of fused-ring (bicyclic) bond motifs is 1. The lowest BCUT2D eigenvalue weighted by atomic mass is 10.0. The van der Waals surface area contributed by atoms with Crippen molar-refractivity contribution in [2.45, 2.75) is 26.7 Å². The van der Waals surface area contributed by atoms with Gasteiger partial charge in [0.05, 0.1) is 11.2 Å². The van der Waals surface area contributed by atoms with Crippen molar-refractivity contribution in [1.82, 2.24) is 9.38 Å². The first-order chi connectivity index (χ1) is 9.56. The number of rotatable bonds is 2. The summed E-state index contributed by atoms with van der Waals surface area (Å²) in [4.78, 5) is 4.68. The molecular formula is C17H19N3. The molecular weight excluding hydrogens is 246 g/mol. The zero-order valence-corrected chi connectivity index (χ0v) is 12.1. The summed E-state index contributed by atoms with van der Waals surface area (Å²) in [6.45, 7) is 6.41. The van der Waals surface area contributed by atoms with Gasteiger partial charge in [-0.05, 0) is 30.5 Å². The van der Waals surface area contributed by atoms with Gasteiger partial charge in [0.2, 0.25) is 0 Å². The molecule has 3 aromatic rings. The van der Waals surface area contributed by atoms with Crippen molar-refractivity contribution in [3.8, 4) is 11.3 Å². The Hall–Kier alpha value is -2.29. The number of pyridine rings is 1. The van der Waals surface area contributed by atoms with Gasteiger partial charge in [-0.2, -0.15) is 0 Å². The predicted octanol–water partition coefficient (Wildman–Crippen LogP) is 4.02. The third kappa shape index (κ3) is 2.05. The minimum atomic E-state index is 0.542. The van der Waals surface area contributed by atoms with E-state index >= 15 is 0 Å². The smallest absolute Gasteiger partial charge is 0.110 e. The second-order valence-electron chi connectivity index (χ2n) is 5.50. The average molecular weight is 265 g/mol. The number of nitrogens with two attached hydrogens (primary N) is 1. The quantitative estimate of drug-likeness (QED) is 0.760. The largest absolute Gasteiger partial charge is 0.399 e. The van der Waals surface area contributed by atoms with Crippen molar-refractivity contribution in [3.05, 3.63) is 54.0 Å². The molecule has 102 valence electrons. The highest BCUT2D eigenvalue weighted by molar-refractivity contribution is 5.79. The highest BCUT2D eigenvalue weighted by Gasteiger charge is 2.10. The predicted molar refractivity (Wildman–Crippen MR) is 83.9 cm³/mol. The maximum Gasteiger partial charge on any atom is 0.110 e. The van der Waals surface area contributed by atoms with Crippen LogP contribution in [0.3, 0.4) is 0 Å². The average Bonchev–Trinajstić information content (AvgIpc) is 2.75. The molecule has 0 aliphatic heterocycles. The lowest BCUT2D eigenvalue weighted by molar-refractivity contribution is 0.867. The minimum Gasteiger partial charge on any atom is -0.399 e. The van der Waals surface area contributed by atoms with Crippen molar-refractivity contribution in [2.24, 2.45) is 0 Å². The maximum atomic E-state index is 5.90. The fourth-order valence-electron chi connectivity index (χ4n) is 2.49. The lowest BCUT2D eigenvalue weighted by Crippen LogP contribution is -1.90. The van der Waals surface area contributed by atoms with Crippen molar-refractivity contribution in [1.29, 1.82) is 0 Å². The van der Waals surface area contributed by atoms with E-state index in [1.165, 1.54) is 5.56 Å². The zero-order chi connectivity index (χ0) is 14.3. The Bertz CT molecular complexity index is 752. The molecule has 20 heavy (non-hydrogen) atoms. The molecule has 2 aromatic heterocycles. The summed E-state index contributed by atoms with van der Waals surface area (Å²) in [5.41, 5.74) is 11.2. The molecule has 0 saturated carbocycles. The first-order valence-corrected chi connectivity index (χ1v) is 6.91. The molecule has 3 rings (SSSR count). The summed E-state index contributed by atoms with van der Waals surface area (Å²) in [5.74, 6) is 1.52. The van der Waals surface area contributed by atoms with Gasteiger partial charge in [0.1, 0.15) is 5.82 Å². The fourth-order valence-corrected chi connectivity index (χ4v) is 2.49. The van der Waals surface area contributed by atoms with E-state index in [4.69, 9.17) is 5.73 Å². The van der Waals surface area contributed by atoms with Crippen molar-refractivity contribution in [2.75, 3.05) is 5.73 Å². The van der Waals surface area contributed by atoms with Crippen LogP contribution < -0.4 is 5.73 Å².